The number of hydrogen-bond acceptors (Lipinski definition) is 6. The number of carbonyl (C=O) groups excluding carboxylic acids is 1. The third-order valence-electron chi connectivity index (χ3n) is 3.90. The molecule has 2 rings (SSSR count). The number of thioether (sulfide) groups is 1. The monoisotopic (exact) mass is 314 g/mol. The van der Waals surface area contributed by atoms with E-state index in [0.717, 1.165) is 0 Å². The van der Waals surface area contributed by atoms with E-state index in [2.05, 4.69) is 4.98 Å². The Morgan fingerprint density at radius 1 is 1.62 bits per heavy atom. The number of aliphatic hydroxyl groups excluding tert-OH is 1. The first-order valence-electron chi connectivity index (χ1n) is 6.50. The lowest BCUT2D eigenvalue weighted by Crippen LogP contribution is -2.38. The van der Waals surface area contributed by atoms with Crippen molar-refractivity contribution in [3.05, 3.63) is 32.6 Å². The number of nitrogens with zero attached hydrogens (tertiary/aromatic N) is 1. The van der Waals surface area contributed by atoms with Gasteiger partial charge in [-0.2, -0.15) is 0 Å². The molecule has 116 valence electrons. The van der Waals surface area contributed by atoms with Crippen LogP contribution >= 0.6 is 11.8 Å². The number of H-pyrrole nitrogens is 1. The lowest BCUT2D eigenvalue weighted by molar-refractivity contribution is -0.152. The van der Waals surface area contributed by atoms with Crippen LogP contribution in [0.5, 0.6) is 0 Å². The maximum Gasteiger partial charge on any atom is 0.329 e. The third-order valence-corrected chi connectivity index (χ3v) is 5.61. The fourth-order valence-corrected chi connectivity index (χ4v) is 4.23. The minimum Gasteiger partial charge on any atom is -0.469 e. The number of aromatic amines is 1. The second-order valence-corrected chi connectivity index (χ2v) is 6.74. The van der Waals surface area contributed by atoms with Crippen molar-refractivity contribution in [3.63, 3.8) is 0 Å². The van der Waals surface area contributed by atoms with Crippen molar-refractivity contribution in [2.75, 3.05) is 13.7 Å². The zero-order chi connectivity index (χ0) is 15.8. The molecule has 21 heavy (non-hydrogen) atoms. The quantitative estimate of drug-likeness (QED) is 0.763. The highest BCUT2D eigenvalue weighted by atomic mass is 32.2. The Balaban J connectivity index is 2.41. The molecule has 1 saturated heterocycles. The average Bonchev–Trinajstić information content (AvgIpc) is 2.80. The molecule has 0 saturated carbocycles. The van der Waals surface area contributed by atoms with Crippen LogP contribution in [0.1, 0.15) is 24.3 Å². The molecule has 8 heteroatoms. The van der Waals surface area contributed by atoms with Gasteiger partial charge in [0.15, 0.2) is 0 Å². The van der Waals surface area contributed by atoms with Crippen molar-refractivity contribution < 1.29 is 14.6 Å². The number of ether oxygens (including phenoxy) is 1. The molecule has 3 atom stereocenters. The summed E-state index contributed by atoms with van der Waals surface area (Å²) in [5, 5.41) is 8.80. The summed E-state index contributed by atoms with van der Waals surface area (Å²) in [6.45, 7) is 3.14. The van der Waals surface area contributed by atoms with E-state index >= 15 is 0 Å². The summed E-state index contributed by atoms with van der Waals surface area (Å²) in [6.07, 6.45) is 1.83. The highest BCUT2D eigenvalue weighted by Crippen LogP contribution is 2.52. The zero-order valence-electron chi connectivity index (χ0n) is 12.1. The highest BCUT2D eigenvalue weighted by Gasteiger charge is 2.51. The summed E-state index contributed by atoms with van der Waals surface area (Å²) >= 11 is 1.33. The van der Waals surface area contributed by atoms with E-state index in [1.165, 1.54) is 29.6 Å². The van der Waals surface area contributed by atoms with E-state index < -0.39 is 22.6 Å². The molecule has 2 heterocycles. The van der Waals surface area contributed by atoms with Crippen LogP contribution in [0.25, 0.3) is 0 Å². The number of rotatable bonds is 3. The molecule has 1 aliphatic heterocycles. The number of aryl methyl sites for hydroxylation is 1. The van der Waals surface area contributed by atoms with Crippen molar-refractivity contribution in [2.24, 2.45) is 5.41 Å². The van der Waals surface area contributed by atoms with Gasteiger partial charge < -0.3 is 9.84 Å². The van der Waals surface area contributed by atoms with Crippen molar-refractivity contribution in [1.29, 1.82) is 0 Å². The van der Waals surface area contributed by atoms with Gasteiger partial charge in [-0.1, -0.05) is 0 Å². The summed E-state index contributed by atoms with van der Waals surface area (Å²) < 4.78 is 6.22. The van der Waals surface area contributed by atoms with E-state index in [0.29, 0.717) is 12.0 Å². The SMILES string of the molecule is COC(=O)C1(C)C[C@H](n2cc(C)c(=O)[nH]c2=O)SC1CO. The van der Waals surface area contributed by atoms with E-state index in [1.807, 2.05) is 0 Å². The number of aromatic nitrogens is 2. The highest BCUT2D eigenvalue weighted by molar-refractivity contribution is 8.00. The molecular weight excluding hydrogens is 296 g/mol. The van der Waals surface area contributed by atoms with E-state index in [9.17, 15) is 19.5 Å². The molecule has 2 unspecified atom stereocenters. The predicted octanol–water partition coefficient (Wildman–Crippen LogP) is 0.0207. The molecule has 0 radical (unpaired) electrons. The smallest absolute Gasteiger partial charge is 0.329 e. The minimum atomic E-state index is -0.873. The summed E-state index contributed by atoms with van der Waals surface area (Å²) in [5.74, 6) is -0.411. The summed E-state index contributed by atoms with van der Waals surface area (Å²) in [5.41, 5.74) is -1.40. The Morgan fingerprint density at radius 2 is 2.29 bits per heavy atom. The number of esters is 1. The molecule has 0 aromatic carbocycles. The largest absolute Gasteiger partial charge is 0.469 e. The number of nitrogens with one attached hydrogen (secondary N) is 1. The first-order chi connectivity index (χ1) is 9.83. The normalized spacial score (nSPS) is 28.6. The van der Waals surface area contributed by atoms with E-state index in [4.69, 9.17) is 4.74 Å². The van der Waals surface area contributed by atoms with Crippen molar-refractivity contribution in [3.8, 4) is 0 Å². The standard InChI is InChI=1S/C13H18N2O5S/c1-7-5-15(12(19)14-10(7)17)9-4-13(2,11(18)20-3)8(6-16)21-9/h5,8-9,16H,4,6H2,1-3H3,(H,14,17,19)/t8?,9-,13?/m1/s1. The second kappa shape index (κ2) is 5.69. The number of methoxy groups -OCH3 is 1. The Hall–Kier alpha value is -1.54. The number of hydrogen-bond donors (Lipinski definition) is 2. The van der Waals surface area contributed by atoms with Crippen molar-refractivity contribution in [2.45, 2.75) is 30.9 Å². The molecule has 0 bridgehead atoms. The molecule has 0 spiro atoms. The molecule has 2 N–H and O–H groups in total. The fraction of sp³-hybridized carbons (Fsp3) is 0.615. The molecular formula is C13H18N2O5S. The van der Waals surface area contributed by atoms with Gasteiger partial charge in [0.25, 0.3) is 5.56 Å². The molecule has 0 aliphatic carbocycles. The topological polar surface area (TPSA) is 101 Å². The van der Waals surface area contributed by atoms with Crippen LogP contribution in [0.15, 0.2) is 15.8 Å². The fourth-order valence-electron chi connectivity index (χ4n) is 2.54. The van der Waals surface area contributed by atoms with Crippen LogP contribution in [0.2, 0.25) is 0 Å². The Labute approximate surface area is 125 Å². The van der Waals surface area contributed by atoms with E-state index in [-0.39, 0.29) is 17.2 Å². The number of carbonyl (C=O) groups is 1. The van der Waals surface area contributed by atoms with Gasteiger partial charge in [0.05, 0.1) is 24.5 Å². The molecule has 0 amide bonds. The molecule has 7 nitrogen and oxygen atoms in total. The van der Waals surface area contributed by atoms with Crippen LogP contribution in [-0.4, -0.2) is 39.6 Å². The molecule has 1 aromatic rings. The Morgan fingerprint density at radius 3 is 2.86 bits per heavy atom. The Kier molecular flexibility index (Phi) is 4.29. The summed E-state index contributed by atoms with van der Waals surface area (Å²) in [6, 6.07) is 0. The van der Waals surface area contributed by atoms with Gasteiger partial charge in [-0.15, -0.1) is 11.8 Å². The Bertz CT molecular complexity index is 667. The maximum atomic E-state index is 12.0. The van der Waals surface area contributed by atoms with E-state index in [1.54, 1.807) is 13.8 Å². The van der Waals surface area contributed by atoms with Gasteiger partial charge in [-0.3, -0.25) is 19.1 Å². The first-order valence-corrected chi connectivity index (χ1v) is 7.44. The van der Waals surface area contributed by atoms with Crippen LogP contribution in [-0.2, 0) is 9.53 Å². The zero-order valence-corrected chi connectivity index (χ0v) is 12.9. The summed E-state index contributed by atoms with van der Waals surface area (Å²) in [4.78, 5) is 37.6. The molecule has 1 fully saturated rings. The van der Waals surface area contributed by atoms with Gasteiger partial charge >= 0.3 is 11.7 Å². The third kappa shape index (κ3) is 2.65. The van der Waals surface area contributed by atoms with Crippen LogP contribution in [0.3, 0.4) is 0 Å². The van der Waals surface area contributed by atoms with Gasteiger partial charge in [-0.05, 0) is 20.3 Å². The molecule has 1 aliphatic rings. The van der Waals surface area contributed by atoms with Crippen LogP contribution < -0.4 is 11.2 Å². The maximum absolute atomic E-state index is 12.0. The van der Waals surface area contributed by atoms with Crippen LogP contribution in [0.4, 0.5) is 0 Å². The van der Waals surface area contributed by atoms with Gasteiger partial charge in [0.2, 0.25) is 0 Å². The minimum absolute atomic E-state index is 0.191. The second-order valence-electron chi connectivity index (χ2n) is 5.35. The number of aliphatic hydroxyl groups is 1. The first kappa shape index (κ1) is 15.8. The predicted molar refractivity (Wildman–Crippen MR) is 78.3 cm³/mol. The lowest BCUT2D eigenvalue weighted by atomic mass is 9.83. The van der Waals surface area contributed by atoms with Gasteiger partial charge in [-0.25, -0.2) is 4.79 Å². The molecule has 1 aromatic heterocycles. The van der Waals surface area contributed by atoms with Gasteiger partial charge in [0, 0.05) is 17.0 Å². The van der Waals surface area contributed by atoms with Crippen molar-refractivity contribution in [1.82, 2.24) is 9.55 Å². The summed E-state index contributed by atoms with van der Waals surface area (Å²) in [7, 11) is 1.30. The van der Waals surface area contributed by atoms with Crippen molar-refractivity contribution >= 4 is 17.7 Å². The van der Waals surface area contributed by atoms with Crippen LogP contribution in [0, 0.1) is 12.3 Å². The average molecular weight is 314 g/mol. The lowest BCUT2D eigenvalue weighted by Gasteiger charge is -2.25. The van der Waals surface area contributed by atoms with Gasteiger partial charge in [0.1, 0.15) is 0 Å².